The van der Waals surface area contributed by atoms with Gasteiger partial charge in [-0.2, -0.15) is 0 Å². The Morgan fingerprint density at radius 1 is 1.36 bits per heavy atom. The van der Waals surface area contributed by atoms with Gasteiger partial charge in [0.15, 0.2) is 8.32 Å². The summed E-state index contributed by atoms with van der Waals surface area (Å²) < 4.78 is 7.49. The fourth-order valence-corrected chi connectivity index (χ4v) is 4.85. The van der Waals surface area contributed by atoms with E-state index in [0.717, 1.165) is 12.5 Å². The van der Waals surface area contributed by atoms with Crippen LogP contribution in [0.25, 0.3) is 0 Å². The summed E-state index contributed by atoms with van der Waals surface area (Å²) in [6.07, 6.45) is 0. The van der Waals surface area contributed by atoms with Gasteiger partial charge in [0.05, 0.1) is 0 Å². The summed E-state index contributed by atoms with van der Waals surface area (Å²) in [5, 5.41) is 0.346. The molecule has 0 heterocycles. The third kappa shape index (κ3) is 5.49. The second-order valence-corrected chi connectivity index (χ2v) is 13.8. The highest BCUT2D eigenvalue weighted by Crippen LogP contribution is 2.36. The van der Waals surface area contributed by atoms with Crippen molar-refractivity contribution < 1.29 is 4.43 Å². The Morgan fingerprint density at radius 2 is 1.86 bits per heavy atom. The molecule has 0 fully saturated rings. The average molecular weight is 292 g/mol. The van der Waals surface area contributed by atoms with Gasteiger partial charge in [-0.3, -0.25) is 0 Å². The van der Waals surface area contributed by atoms with E-state index in [0.29, 0.717) is 5.04 Å². The number of rotatable bonds is 5. The molecule has 0 saturated carbocycles. The molecule has 1 unspecified atom stereocenters. The van der Waals surface area contributed by atoms with Crippen LogP contribution >= 0.6 is 12.9 Å². The molecule has 0 aliphatic carbocycles. The third-order valence-corrected chi connectivity index (χ3v) is 10.2. The SMILES string of the molecule is CC(CO[Si](C)(C)C(C)(C)C)[CH2][Mg][Br]. The van der Waals surface area contributed by atoms with Crippen molar-refractivity contribution in [2.24, 2.45) is 5.92 Å². The first-order chi connectivity index (χ1) is 6.20. The van der Waals surface area contributed by atoms with E-state index in [9.17, 15) is 0 Å². The van der Waals surface area contributed by atoms with Crippen molar-refractivity contribution >= 4 is 39.4 Å². The molecular weight excluding hydrogens is 268 g/mol. The zero-order valence-electron chi connectivity index (χ0n) is 10.5. The molecule has 0 N–H and O–H groups in total. The van der Waals surface area contributed by atoms with Crippen molar-refractivity contribution in [3.05, 3.63) is 0 Å². The standard InChI is InChI=1S/C10H23OSi.BrH.Mg/c1-9(2)8-11-12(6,7)10(3,4)5;;/h9H,1,8H2,2-7H3;1H;/q;;+1/p-1. The van der Waals surface area contributed by atoms with E-state index in [-0.39, 0.29) is 18.2 Å². The van der Waals surface area contributed by atoms with E-state index in [4.69, 9.17) is 4.43 Å². The molecule has 14 heavy (non-hydrogen) atoms. The Kier molecular flexibility index (Phi) is 6.86. The first kappa shape index (κ1) is 15.4. The molecule has 0 aromatic carbocycles. The molecule has 0 amide bonds. The van der Waals surface area contributed by atoms with E-state index in [1.165, 1.54) is 4.55 Å². The van der Waals surface area contributed by atoms with Crippen LogP contribution in [0, 0.1) is 5.92 Å². The normalized spacial score (nSPS) is 15.1. The predicted molar refractivity (Wildman–Crippen MR) is 71.8 cm³/mol. The van der Waals surface area contributed by atoms with Crippen LogP contribution in [0.5, 0.6) is 0 Å². The molecule has 0 aromatic rings. The van der Waals surface area contributed by atoms with Crippen LogP contribution < -0.4 is 0 Å². The van der Waals surface area contributed by atoms with Crippen molar-refractivity contribution in [1.82, 2.24) is 0 Å². The summed E-state index contributed by atoms with van der Waals surface area (Å²) in [7, 11) is -1.50. The van der Waals surface area contributed by atoms with E-state index >= 15 is 0 Å². The van der Waals surface area contributed by atoms with Crippen LogP contribution in [0.3, 0.4) is 0 Å². The Labute approximate surface area is 106 Å². The van der Waals surface area contributed by atoms with Crippen molar-refractivity contribution in [3.63, 3.8) is 0 Å². The molecule has 0 aliphatic rings. The van der Waals surface area contributed by atoms with Crippen molar-refractivity contribution in [2.75, 3.05) is 6.61 Å². The first-order valence-corrected chi connectivity index (χ1v) is 13.2. The van der Waals surface area contributed by atoms with Crippen LogP contribution in [0.4, 0.5) is 0 Å². The lowest BCUT2D eigenvalue weighted by atomic mass is 10.2. The number of hydrogen-bond acceptors (Lipinski definition) is 1. The Balaban J connectivity index is 3.99. The highest BCUT2D eigenvalue weighted by atomic mass is 79.9. The van der Waals surface area contributed by atoms with Gasteiger partial charge in [-0.05, 0) is 24.1 Å². The van der Waals surface area contributed by atoms with Crippen LogP contribution in [-0.4, -0.2) is 33.1 Å². The summed E-state index contributed by atoms with van der Waals surface area (Å²) >= 11 is 3.62. The first-order valence-electron chi connectivity index (χ1n) is 5.40. The molecule has 82 valence electrons. The molecule has 0 bridgehead atoms. The van der Waals surface area contributed by atoms with Gasteiger partial charge < -0.3 is 17.3 Å². The Hall–Kier alpha value is 1.42. The Morgan fingerprint density at radius 3 is 2.21 bits per heavy atom. The van der Waals surface area contributed by atoms with Crippen LogP contribution in [0.1, 0.15) is 27.7 Å². The maximum atomic E-state index is 6.15. The average Bonchev–Trinajstić information content (AvgIpc) is 1.99. The largest absolute Gasteiger partial charge is 0.468 e. The summed E-state index contributed by atoms with van der Waals surface area (Å²) in [6.45, 7) is 14.8. The molecule has 0 saturated heterocycles. The third-order valence-electron chi connectivity index (χ3n) is 3.14. The second kappa shape index (κ2) is 6.23. The van der Waals surface area contributed by atoms with Crippen molar-refractivity contribution in [2.45, 2.75) is 50.4 Å². The summed E-state index contributed by atoms with van der Waals surface area (Å²) in [5.41, 5.74) is 0. The van der Waals surface area contributed by atoms with Crippen LogP contribution in [-0.2, 0) is 4.43 Å². The predicted octanol–water partition coefficient (Wildman–Crippen LogP) is 4.08. The van der Waals surface area contributed by atoms with Gasteiger partial charge in [0.25, 0.3) is 0 Å². The smallest absolute Gasteiger partial charge is 0.417 e. The minimum atomic E-state index is -1.50. The van der Waals surface area contributed by atoms with Gasteiger partial charge in [0.1, 0.15) is 0 Å². The molecular formula is C10H23BrMgOSi. The Bertz CT molecular complexity index is 168. The van der Waals surface area contributed by atoms with E-state index in [1.54, 1.807) is 0 Å². The van der Waals surface area contributed by atoms with Gasteiger partial charge in [-0.15, -0.1) is 4.55 Å². The number of hydrogen-bond donors (Lipinski definition) is 0. The maximum absolute atomic E-state index is 6.15. The summed E-state index contributed by atoms with van der Waals surface area (Å²) in [6, 6.07) is 0. The second-order valence-electron chi connectivity index (χ2n) is 5.65. The molecule has 0 radical (unpaired) electrons. The fraction of sp³-hybridized carbons (Fsp3) is 1.00. The zero-order chi connectivity index (χ0) is 11.4. The lowest BCUT2D eigenvalue weighted by Gasteiger charge is -2.37. The van der Waals surface area contributed by atoms with Crippen molar-refractivity contribution in [1.29, 1.82) is 0 Å². The van der Waals surface area contributed by atoms with Gasteiger partial charge in [0, 0.05) is 6.61 Å². The van der Waals surface area contributed by atoms with Gasteiger partial charge in [-0.1, -0.05) is 27.7 Å². The quantitative estimate of drug-likeness (QED) is 0.694. The highest BCUT2D eigenvalue weighted by molar-refractivity contribution is 9.23. The molecule has 1 atom stereocenters. The lowest BCUT2D eigenvalue weighted by Crippen LogP contribution is -2.41. The topological polar surface area (TPSA) is 9.23 Å². The molecule has 1 nitrogen and oxygen atoms in total. The summed E-state index contributed by atoms with van der Waals surface area (Å²) in [5.74, 6) is 0.732. The van der Waals surface area contributed by atoms with E-state index in [1.807, 2.05) is 0 Å². The molecule has 4 heteroatoms. The van der Waals surface area contributed by atoms with Gasteiger partial charge in [0.2, 0.25) is 0 Å². The number of halogens is 1. The fourth-order valence-electron chi connectivity index (χ4n) is 0.837. The minimum Gasteiger partial charge on any atom is -0.417 e. The van der Waals surface area contributed by atoms with Gasteiger partial charge in [-0.25, -0.2) is 0 Å². The zero-order valence-corrected chi connectivity index (χ0v) is 14.5. The van der Waals surface area contributed by atoms with E-state index in [2.05, 4.69) is 53.7 Å². The summed E-state index contributed by atoms with van der Waals surface area (Å²) in [4.78, 5) is 0. The lowest BCUT2D eigenvalue weighted by molar-refractivity contribution is 0.247. The molecule has 0 aliphatic heterocycles. The molecule has 0 aromatic heterocycles. The van der Waals surface area contributed by atoms with Gasteiger partial charge >= 0.3 is 18.2 Å². The van der Waals surface area contributed by atoms with E-state index < -0.39 is 8.32 Å². The molecule has 0 spiro atoms. The highest BCUT2D eigenvalue weighted by Gasteiger charge is 2.37. The maximum Gasteiger partial charge on any atom is 0.468 e. The van der Waals surface area contributed by atoms with Crippen LogP contribution in [0.2, 0.25) is 22.7 Å². The monoisotopic (exact) mass is 290 g/mol. The minimum absolute atomic E-state index is 0.0162. The van der Waals surface area contributed by atoms with Crippen LogP contribution in [0.15, 0.2) is 0 Å². The van der Waals surface area contributed by atoms with Crippen molar-refractivity contribution in [3.8, 4) is 0 Å². The molecule has 0 rings (SSSR count).